The van der Waals surface area contributed by atoms with Gasteiger partial charge in [0.1, 0.15) is 0 Å². The van der Waals surface area contributed by atoms with Gasteiger partial charge in [0.25, 0.3) is 0 Å². The molecule has 2 N–H and O–H groups in total. The van der Waals surface area contributed by atoms with E-state index in [0.29, 0.717) is 38.9 Å². The van der Waals surface area contributed by atoms with Gasteiger partial charge in [-0.15, -0.1) is 0 Å². The number of amides is 2. The third-order valence-corrected chi connectivity index (χ3v) is 5.64. The number of hydrogen-bond acceptors (Lipinski definition) is 4. The fourth-order valence-electron chi connectivity index (χ4n) is 4.01. The van der Waals surface area contributed by atoms with Crippen LogP contribution in [0.3, 0.4) is 0 Å². The zero-order chi connectivity index (χ0) is 16.8. The van der Waals surface area contributed by atoms with Gasteiger partial charge < -0.3 is 20.1 Å². The van der Waals surface area contributed by atoms with Crippen LogP contribution in [0, 0.1) is 17.8 Å². The van der Waals surface area contributed by atoms with Gasteiger partial charge in [0.2, 0.25) is 11.8 Å². The first-order valence-electron chi connectivity index (χ1n) is 9.47. The fourth-order valence-corrected chi connectivity index (χ4v) is 4.01. The molecule has 2 heterocycles. The third kappa shape index (κ3) is 4.70. The van der Waals surface area contributed by atoms with Gasteiger partial charge in [-0.25, -0.2) is 0 Å². The summed E-state index contributed by atoms with van der Waals surface area (Å²) in [6.07, 6.45) is 7.57. The second-order valence-corrected chi connectivity index (χ2v) is 7.38. The maximum atomic E-state index is 12.5. The number of hydrogen-bond donors (Lipinski definition) is 2. The Morgan fingerprint density at radius 1 is 0.875 bits per heavy atom. The van der Waals surface area contributed by atoms with E-state index in [0.717, 1.165) is 25.7 Å². The van der Waals surface area contributed by atoms with E-state index in [1.165, 1.54) is 19.3 Å². The number of carbonyl (C=O) groups excluding carboxylic acids is 2. The predicted octanol–water partition coefficient (Wildman–Crippen LogP) is 1.24. The molecule has 2 saturated heterocycles. The van der Waals surface area contributed by atoms with Gasteiger partial charge in [-0.1, -0.05) is 19.3 Å². The fraction of sp³-hybridized carbons (Fsp3) is 0.889. The molecular formula is C18H30N2O4. The summed E-state index contributed by atoms with van der Waals surface area (Å²) in [6, 6.07) is 0.0321. The molecule has 136 valence electrons. The van der Waals surface area contributed by atoms with Crippen LogP contribution in [0.5, 0.6) is 0 Å². The lowest BCUT2D eigenvalue weighted by Gasteiger charge is -2.32. The Hall–Kier alpha value is -1.14. The van der Waals surface area contributed by atoms with Gasteiger partial charge >= 0.3 is 0 Å². The molecule has 0 aromatic rings. The Morgan fingerprint density at radius 3 is 2.08 bits per heavy atom. The predicted molar refractivity (Wildman–Crippen MR) is 89.4 cm³/mol. The van der Waals surface area contributed by atoms with Crippen LogP contribution in [0.1, 0.15) is 44.9 Å². The lowest BCUT2D eigenvalue weighted by Crippen LogP contribution is -2.50. The van der Waals surface area contributed by atoms with Crippen molar-refractivity contribution >= 4 is 11.8 Å². The van der Waals surface area contributed by atoms with Crippen LogP contribution in [-0.4, -0.2) is 50.8 Å². The molecule has 0 radical (unpaired) electrons. The number of ether oxygens (including phenoxy) is 2. The molecule has 0 bridgehead atoms. The van der Waals surface area contributed by atoms with Crippen LogP contribution in [0.15, 0.2) is 0 Å². The van der Waals surface area contributed by atoms with Gasteiger partial charge in [0, 0.05) is 25.8 Å². The van der Waals surface area contributed by atoms with Crippen LogP contribution in [0.25, 0.3) is 0 Å². The minimum Gasteiger partial charge on any atom is -0.381 e. The average molecular weight is 338 g/mol. The van der Waals surface area contributed by atoms with Crippen molar-refractivity contribution in [2.75, 3.05) is 33.0 Å². The van der Waals surface area contributed by atoms with Gasteiger partial charge in [0.05, 0.1) is 25.0 Å². The maximum Gasteiger partial charge on any atom is 0.225 e. The van der Waals surface area contributed by atoms with Crippen LogP contribution in [-0.2, 0) is 19.1 Å². The summed E-state index contributed by atoms with van der Waals surface area (Å²) >= 11 is 0. The molecule has 6 heteroatoms. The van der Waals surface area contributed by atoms with Crippen LogP contribution >= 0.6 is 0 Å². The van der Waals surface area contributed by atoms with Crippen molar-refractivity contribution in [1.82, 2.24) is 10.6 Å². The second kappa shape index (κ2) is 8.81. The third-order valence-electron chi connectivity index (χ3n) is 5.64. The molecule has 3 aliphatic rings. The highest BCUT2D eigenvalue weighted by Gasteiger charge is 2.31. The molecule has 0 spiro atoms. The van der Waals surface area contributed by atoms with Crippen molar-refractivity contribution in [3.8, 4) is 0 Å². The maximum absolute atomic E-state index is 12.5. The summed E-state index contributed by atoms with van der Waals surface area (Å²) in [5.41, 5.74) is 0. The molecule has 24 heavy (non-hydrogen) atoms. The van der Waals surface area contributed by atoms with Crippen molar-refractivity contribution in [3.05, 3.63) is 0 Å². The standard InChI is InChI=1S/C18H30N2O4/c21-17(14-6-8-23-11-14)19-10-16(13-4-2-1-3-5-13)20-18(22)15-7-9-24-12-15/h13-16H,1-12H2,(H,19,21)(H,20,22)/t14-,15+,16+/m1/s1. The summed E-state index contributed by atoms with van der Waals surface area (Å²) in [5.74, 6) is 0.546. The number of rotatable bonds is 6. The highest BCUT2D eigenvalue weighted by molar-refractivity contribution is 5.80. The van der Waals surface area contributed by atoms with E-state index < -0.39 is 0 Å². The van der Waals surface area contributed by atoms with E-state index in [9.17, 15) is 9.59 Å². The molecule has 0 unspecified atom stereocenters. The van der Waals surface area contributed by atoms with Crippen molar-refractivity contribution < 1.29 is 19.1 Å². The monoisotopic (exact) mass is 338 g/mol. The number of nitrogens with one attached hydrogen (secondary N) is 2. The number of carbonyl (C=O) groups is 2. The van der Waals surface area contributed by atoms with Crippen LogP contribution < -0.4 is 10.6 Å². The molecule has 3 rings (SSSR count). The quantitative estimate of drug-likeness (QED) is 0.764. The van der Waals surface area contributed by atoms with Crippen molar-refractivity contribution in [2.24, 2.45) is 17.8 Å². The largest absolute Gasteiger partial charge is 0.381 e. The van der Waals surface area contributed by atoms with E-state index in [4.69, 9.17) is 9.47 Å². The first-order valence-corrected chi connectivity index (χ1v) is 9.47. The van der Waals surface area contributed by atoms with Crippen molar-refractivity contribution in [3.63, 3.8) is 0 Å². The van der Waals surface area contributed by atoms with E-state index in [1.807, 2.05) is 0 Å². The minimum absolute atomic E-state index is 0.0315. The molecule has 0 aromatic carbocycles. The van der Waals surface area contributed by atoms with E-state index >= 15 is 0 Å². The minimum atomic E-state index is -0.0324. The van der Waals surface area contributed by atoms with E-state index in [-0.39, 0.29) is 29.7 Å². The smallest absolute Gasteiger partial charge is 0.225 e. The molecule has 3 atom stereocenters. The van der Waals surface area contributed by atoms with Gasteiger partial charge in [0.15, 0.2) is 0 Å². The normalized spacial score (nSPS) is 29.3. The molecule has 2 amide bonds. The Labute approximate surface area is 144 Å². The van der Waals surface area contributed by atoms with Crippen LogP contribution in [0.2, 0.25) is 0 Å². The van der Waals surface area contributed by atoms with Gasteiger partial charge in [-0.2, -0.15) is 0 Å². The molecule has 3 fully saturated rings. The summed E-state index contributed by atoms with van der Waals surface area (Å²) < 4.78 is 10.6. The zero-order valence-corrected chi connectivity index (χ0v) is 14.4. The molecule has 2 aliphatic heterocycles. The van der Waals surface area contributed by atoms with Crippen molar-refractivity contribution in [2.45, 2.75) is 51.0 Å². The Bertz CT molecular complexity index is 425. The lowest BCUT2D eigenvalue weighted by atomic mass is 9.83. The molecular weight excluding hydrogens is 308 g/mol. The van der Waals surface area contributed by atoms with Gasteiger partial charge in [-0.3, -0.25) is 9.59 Å². The van der Waals surface area contributed by atoms with E-state index in [1.54, 1.807) is 0 Å². The lowest BCUT2D eigenvalue weighted by molar-refractivity contribution is -0.128. The SMILES string of the molecule is O=C(NC[C@H](NC(=O)[C@H]1CCOC1)C1CCCCC1)[C@@H]1CCOC1. The van der Waals surface area contributed by atoms with Gasteiger partial charge in [-0.05, 0) is 31.6 Å². The first kappa shape index (κ1) is 17.7. The zero-order valence-electron chi connectivity index (χ0n) is 14.4. The Morgan fingerprint density at radius 2 is 1.50 bits per heavy atom. The highest BCUT2D eigenvalue weighted by Crippen LogP contribution is 2.27. The summed E-state index contributed by atoms with van der Waals surface area (Å²) in [5, 5.41) is 6.26. The van der Waals surface area contributed by atoms with E-state index in [2.05, 4.69) is 10.6 Å². The Balaban J connectivity index is 1.54. The topological polar surface area (TPSA) is 76.7 Å². The summed E-state index contributed by atoms with van der Waals surface area (Å²) in [7, 11) is 0. The Kier molecular flexibility index (Phi) is 6.49. The first-order chi connectivity index (χ1) is 11.7. The average Bonchev–Trinajstić information content (AvgIpc) is 3.32. The second-order valence-electron chi connectivity index (χ2n) is 7.38. The van der Waals surface area contributed by atoms with Crippen LogP contribution in [0.4, 0.5) is 0 Å². The molecule has 1 aliphatic carbocycles. The summed E-state index contributed by atoms with van der Waals surface area (Å²) in [6.45, 7) is 2.91. The molecule has 6 nitrogen and oxygen atoms in total. The molecule has 1 saturated carbocycles. The summed E-state index contributed by atoms with van der Waals surface area (Å²) in [4.78, 5) is 24.7. The molecule has 0 aromatic heterocycles. The van der Waals surface area contributed by atoms with Crippen molar-refractivity contribution in [1.29, 1.82) is 0 Å². The highest BCUT2D eigenvalue weighted by atomic mass is 16.5.